The number of nitrogens with one attached hydrogen (secondary N) is 2. The quantitative estimate of drug-likeness (QED) is 0.0533. The second kappa shape index (κ2) is 20.1. The van der Waals surface area contributed by atoms with Gasteiger partial charge in [-0.2, -0.15) is 0 Å². The number of esters is 1. The van der Waals surface area contributed by atoms with Crippen molar-refractivity contribution >= 4 is 63.9 Å². The number of likely N-dealkylation sites (N-methyl/N-ethyl adjacent to an activating group) is 1. The summed E-state index contributed by atoms with van der Waals surface area (Å²) in [6, 6.07) is 7.20. The van der Waals surface area contributed by atoms with E-state index in [4.69, 9.17) is 33.4 Å². The molecule has 7 N–H and O–H groups in total. The molecule has 1 saturated heterocycles. The summed E-state index contributed by atoms with van der Waals surface area (Å²) in [6.07, 6.45) is -7.25. The van der Waals surface area contributed by atoms with E-state index in [0.29, 0.717) is 40.7 Å². The Morgan fingerprint density at radius 2 is 1.70 bits per heavy atom. The van der Waals surface area contributed by atoms with Gasteiger partial charge in [-0.15, -0.1) is 0 Å². The molecule has 9 rings (SSSR count). The summed E-state index contributed by atoms with van der Waals surface area (Å²) in [5, 5.41) is 58.2. The number of nitrogens with zero attached hydrogens (tertiary/aromatic N) is 4. The van der Waals surface area contributed by atoms with Gasteiger partial charge in [0.15, 0.2) is 23.2 Å². The van der Waals surface area contributed by atoms with Gasteiger partial charge in [0.25, 0.3) is 17.4 Å². The summed E-state index contributed by atoms with van der Waals surface area (Å²) in [5.41, 5.74) is 0.615. The van der Waals surface area contributed by atoms with Gasteiger partial charge in [-0.1, -0.05) is 26.3 Å². The fourth-order valence-corrected chi connectivity index (χ4v) is 9.42. The minimum Gasteiger partial charge on any atom is -0.479 e. The van der Waals surface area contributed by atoms with Gasteiger partial charge >= 0.3 is 18.0 Å². The number of benzene rings is 2. The Morgan fingerprint density at radius 3 is 2.42 bits per heavy atom. The maximum atomic E-state index is 14.1. The first kappa shape index (κ1) is 51.0. The first-order chi connectivity index (χ1) is 35.3. The molecule has 74 heavy (non-hydrogen) atoms. The number of imide groups is 1. The lowest BCUT2D eigenvalue weighted by atomic mass is 9.86. The first-order valence-electron chi connectivity index (χ1n) is 23.5. The molecular weight excluding hydrogens is 977 g/mol. The number of unbranched alkanes of at least 4 members (excludes halogenated alkanes) is 1. The van der Waals surface area contributed by atoms with Crippen LogP contribution in [0, 0.1) is 0 Å². The van der Waals surface area contributed by atoms with Crippen LogP contribution in [0.5, 0.6) is 17.2 Å². The molecule has 0 radical (unpaired) electrons. The average Bonchev–Trinajstić information content (AvgIpc) is 4.11. The first-order valence-corrected chi connectivity index (χ1v) is 23.5. The minimum absolute atomic E-state index is 0.0414. The topological polar surface area (TPSA) is 341 Å². The Bertz CT molecular complexity index is 3120. The minimum atomic E-state index is -2.04. The number of fused-ring (bicyclic) bond motifs is 6. The Hall–Kier alpha value is -7.97. The highest BCUT2D eigenvalue weighted by atomic mass is 16.7. The maximum Gasteiger partial charge on any atom is 0.412 e. The number of carbonyl (C=O) groups is 7. The predicted octanol–water partition coefficient (Wildman–Crippen LogP) is 0.883. The third-order valence-corrected chi connectivity index (χ3v) is 13.4. The van der Waals surface area contributed by atoms with Crippen LogP contribution in [-0.2, 0) is 74.8 Å². The van der Waals surface area contributed by atoms with E-state index in [1.807, 2.05) is 6.92 Å². The maximum absolute atomic E-state index is 14.1. The second-order valence-electron chi connectivity index (χ2n) is 18.1. The van der Waals surface area contributed by atoms with Crippen molar-refractivity contribution in [2.75, 3.05) is 37.6 Å². The molecule has 5 aliphatic heterocycles. The molecule has 0 saturated carbocycles. The molecule has 7 heterocycles. The Labute approximate surface area is 418 Å². The van der Waals surface area contributed by atoms with E-state index in [9.17, 15) is 63.9 Å². The van der Waals surface area contributed by atoms with Gasteiger partial charge in [0, 0.05) is 54.7 Å². The van der Waals surface area contributed by atoms with Gasteiger partial charge in [-0.05, 0) is 48.6 Å². The summed E-state index contributed by atoms with van der Waals surface area (Å²) < 4.78 is 35.2. The standard InChI is InChI=1S/C49H50N6O19/c1-4-6-7-23-24-17-55-29(15-26-25(44(55)63)20-69-47(66)49(26,68)5-2)37(24)51-28-16-31-42(72-21-71-31)38(36(23)28)52-48(67)70-19-22-8-9-30(73-46-41(62)39(60)40(61)43(74-46)45(64)65)27(14-22)50-32(56)18-53(3)33(57)12-13-54-34(58)10-11-35(54)59/h8-11,14-16,39-41,43,46,60-62,68H,4-7,12-13,17-21H2,1-3H3,(H,50,56)(H,52,67)(H,64,65)/t39?,40-,41?,43?,46+,49-/m0/s1. The summed E-state index contributed by atoms with van der Waals surface area (Å²) in [4.78, 5) is 110. The smallest absolute Gasteiger partial charge is 0.412 e. The van der Waals surface area contributed by atoms with Crippen molar-refractivity contribution in [1.82, 2.24) is 19.4 Å². The molecule has 1 fully saturated rings. The van der Waals surface area contributed by atoms with Crippen molar-refractivity contribution in [3.8, 4) is 28.6 Å². The number of aryl methyl sites for hydroxylation is 1. The summed E-state index contributed by atoms with van der Waals surface area (Å²) in [6.45, 7) is 1.91. The van der Waals surface area contributed by atoms with Gasteiger partial charge in [0.05, 0.1) is 41.2 Å². The summed E-state index contributed by atoms with van der Waals surface area (Å²) in [7, 11) is 1.30. The zero-order chi connectivity index (χ0) is 52.9. The third-order valence-electron chi connectivity index (χ3n) is 13.4. The van der Waals surface area contributed by atoms with Crippen molar-refractivity contribution in [2.45, 2.75) is 102 Å². The molecule has 4 aromatic rings. The number of cyclic esters (lactones) is 1. The van der Waals surface area contributed by atoms with Crippen molar-refractivity contribution in [3.05, 3.63) is 80.7 Å². The van der Waals surface area contributed by atoms with Crippen molar-refractivity contribution in [3.63, 3.8) is 0 Å². The number of carboxylic acid groups (broad SMARTS) is 1. The summed E-state index contributed by atoms with van der Waals surface area (Å²) in [5.74, 6) is -4.96. The number of carbonyl (C=O) groups excluding carboxylic acids is 6. The Morgan fingerprint density at radius 1 is 0.946 bits per heavy atom. The van der Waals surface area contributed by atoms with Crippen LogP contribution in [0.15, 0.2) is 47.3 Å². The number of carboxylic acids is 1. The number of hydrogen-bond donors (Lipinski definition) is 7. The lowest BCUT2D eigenvalue weighted by molar-refractivity contribution is -0.271. The normalized spacial score (nSPS) is 22.2. The lowest BCUT2D eigenvalue weighted by Crippen LogP contribution is -2.61. The fraction of sp³-hybridized carbons (Fsp3) is 0.408. The number of amides is 5. The SMILES string of the molecule is CCCCc1c2c(nc3cc4c(c(NC(=O)OCc5ccc(O[C@@H]6OC(C(=O)O)[C@@H](O)C(O)C6O)c(NC(=O)CN(C)C(=O)CCN6C(=O)C=CC6=O)c5)c13)OCO4)-c1cc3c(c(=O)n1C2)COC(=O)[C@]3(O)CC. The molecule has 3 unspecified atom stereocenters. The van der Waals surface area contributed by atoms with Gasteiger partial charge in [0.1, 0.15) is 43.0 Å². The van der Waals surface area contributed by atoms with Gasteiger partial charge < -0.3 is 68.7 Å². The molecule has 2 aromatic carbocycles. The molecule has 25 nitrogen and oxygen atoms in total. The van der Waals surface area contributed by atoms with Crippen LogP contribution in [0.2, 0.25) is 0 Å². The zero-order valence-corrected chi connectivity index (χ0v) is 39.9. The fourth-order valence-electron chi connectivity index (χ4n) is 9.42. The van der Waals surface area contributed by atoms with Crippen molar-refractivity contribution in [2.24, 2.45) is 0 Å². The molecule has 390 valence electrons. The average molecular weight is 1030 g/mol. The van der Waals surface area contributed by atoms with E-state index in [1.54, 1.807) is 19.1 Å². The van der Waals surface area contributed by atoms with Crippen LogP contribution in [0.3, 0.4) is 0 Å². The van der Waals surface area contributed by atoms with Crippen molar-refractivity contribution in [1.29, 1.82) is 0 Å². The molecule has 25 heteroatoms. The number of anilines is 2. The van der Waals surface area contributed by atoms with Gasteiger partial charge in [0.2, 0.25) is 24.9 Å². The number of aromatic nitrogens is 2. The number of rotatable bonds is 16. The van der Waals surface area contributed by atoms with Crippen LogP contribution < -0.4 is 30.4 Å². The number of pyridine rings is 2. The molecule has 6 atom stereocenters. The highest BCUT2D eigenvalue weighted by Gasteiger charge is 2.49. The van der Waals surface area contributed by atoms with Crippen LogP contribution >= 0.6 is 0 Å². The monoisotopic (exact) mass is 1030 g/mol. The largest absolute Gasteiger partial charge is 0.479 e. The molecular formula is C49H50N6O19. The Balaban J connectivity index is 0.987. The molecule has 2 aromatic heterocycles. The second-order valence-corrected chi connectivity index (χ2v) is 18.1. The molecule has 0 spiro atoms. The van der Waals surface area contributed by atoms with Crippen LogP contribution in [0.4, 0.5) is 16.2 Å². The lowest BCUT2D eigenvalue weighted by Gasteiger charge is -2.38. The molecule has 0 bridgehead atoms. The van der Waals surface area contributed by atoms with E-state index in [0.717, 1.165) is 33.9 Å². The van der Waals surface area contributed by atoms with E-state index in [1.165, 1.54) is 29.8 Å². The van der Waals surface area contributed by atoms with E-state index in [-0.39, 0.29) is 84.6 Å². The van der Waals surface area contributed by atoms with E-state index < -0.39 is 96.7 Å². The molecule has 0 aliphatic carbocycles. The predicted molar refractivity (Wildman–Crippen MR) is 251 cm³/mol. The molecule has 5 amide bonds. The van der Waals surface area contributed by atoms with Crippen LogP contribution in [0.1, 0.15) is 67.3 Å². The number of aliphatic hydroxyl groups is 4. The number of hydrogen-bond acceptors (Lipinski definition) is 19. The third kappa shape index (κ3) is 9.23. The van der Waals surface area contributed by atoms with Crippen LogP contribution in [0.25, 0.3) is 22.3 Å². The van der Waals surface area contributed by atoms with Gasteiger partial charge in [-0.3, -0.25) is 34.2 Å². The number of aliphatic hydroxyl groups excluding tert-OH is 3. The van der Waals surface area contributed by atoms with Gasteiger partial charge in [-0.25, -0.2) is 19.4 Å². The van der Waals surface area contributed by atoms with E-state index >= 15 is 0 Å². The zero-order valence-electron chi connectivity index (χ0n) is 39.9. The summed E-state index contributed by atoms with van der Waals surface area (Å²) >= 11 is 0. The Kier molecular flexibility index (Phi) is 13.9. The highest BCUT2D eigenvalue weighted by molar-refractivity contribution is 6.13. The number of aliphatic carboxylic acids is 1. The van der Waals surface area contributed by atoms with E-state index in [2.05, 4.69) is 10.6 Å². The molecule has 5 aliphatic rings. The highest BCUT2D eigenvalue weighted by Crippen LogP contribution is 2.49. The van der Waals surface area contributed by atoms with Crippen molar-refractivity contribution < 1.29 is 87.5 Å². The van der Waals surface area contributed by atoms with Crippen LogP contribution in [-0.4, -0.2) is 144 Å². The number of ether oxygens (including phenoxy) is 6.